The highest BCUT2D eigenvalue weighted by Gasteiger charge is 2.11. The maximum Gasteiger partial charge on any atom is 0.0767 e. The standard InChI is InChI=1S/C10H18BrN3S/c1-3-8-10(11)9(14(2)13-8)7-15-6-4-5-12/h3-7,12H2,1-2H3. The molecule has 86 valence electrons. The Morgan fingerprint density at radius 1 is 1.53 bits per heavy atom. The fourth-order valence-electron chi connectivity index (χ4n) is 1.33. The zero-order valence-corrected chi connectivity index (χ0v) is 11.7. The minimum atomic E-state index is 0.778. The van der Waals surface area contributed by atoms with E-state index in [2.05, 4.69) is 28.0 Å². The van der Waals surface area contributed by atoms with Crippen molar-refractivity contribution < 1.29 is 0 Å². The second-order valence-corrected chi connectivity index (χ2v) is 5.28. The van der Waals surface area contributed by atoms with E-state index in [0.29, 0.717) is 0 Å². The molecular formula is C10H18BrN3S. The molecule has 0 radical (unpaired) electrons. The van der Waals surface area contributed by atoms with Gasteiger partial charge in [0.25, 0.3) is 0 Å². The number of hydrogen-bond acceptors (Lipinski definition) is 3. The molecule has 5 heteroatoms. The zero-order chi connectivity index (χ0) is 11.3. The van der Waals surface area contributed by atoms with Crippen molar-refractivity contribution in [2.45, 2.75) is 25.5 Å². The molecule has 0 amide bonds. The number of thioether (sulfide) groups is 1. The minimum absolute atomic E-state index is 0.778. The van der Waals surface area contributed by atoms with E-state index in [-0.39, 0.29) is 0 Å². The summed E-state index contributed by atoms with van der Waals surface area (Å²) in [4.78, 5) is 0. The van der Waals surface area contributed by atoms with Gasteiger partial charge >= 0.3 is 0 Å². The summed E-state index contributed by atoms with van der Waals surface area (Å²) in [5, 5.41) is 4.46. The predicted molar refractivity (Wildman–Crippen MR) is 70.1 cm³/mol. The zero-order valence-electron chi connectivity index (χ0n) is 9.29. The molecular weight excluding hydrogens is 274 g/mol. The Morgan fingerprint density at radius 3 is 2.80 bits per heavy atom. The predicted octanol–water partition coefficient (Wildman–Crippen LogP) is 2.33. The van der Waals surface area contributed by atoms with Gasteiger partial charge in [-0.1, -0.05) is 6.92 Å². The van der Waals surface area contributed by atoms with Crippen LogP contribution in [0.1, 0.15) is 24.7 Å². The smallest absolute Gasteiger partial charge is 0.0767 e. The molecule has 0 saturated carbocycles. The van der Waals surface area contributed by atoms with E-state index in [4.69, 9.17) is 5.73 Å². The summed E-state index contributed by atoms with van der Waals surface area (Å²) in [6, 6.07) is 0. The number of rotatable bonds is 6. The number of aromatic nitrogens is 2. The van der Waals surface area contributed by atoms with Crippen LogP contribution in [0.3, 0.4) is 0 Å². The minimum Gasteiger partial charge on any atom is -0.330 e. The third-order valence-corrected chi connectivity index (χ3v) is 4.20. The summed E-state index contributed by atoms with van der Waals surface area (Å²) < 4.78 is 3.14. The molecule has 0 fully saturated rings. The summed E-state index contributed by atoms with van der Waals surface area (Å²) >= 11 is 5.52. The average Bonchev–Trinajstić information content (AvgIpc) is 2.50. The van der Waals surface area contributed by atoms with Gasteiger partial charge in [-0.15, -0.1) is 0 Å². The molecule has 15 heavy (non-hydrogen) atoms. The molecule has 3 nitrogen and oxygen atoms in total. The number of halogens is 1. The van der Waals surface area contributed by atoms with Crippen LogP contribution in [0.5, 0.6) is 0 Å². The van der Waals surface area contributed by atoms with Gasteiger partial charge in [0.05, 0.1) is 15.9 Å². The maximum absolute atomic E-state index is 5.45. The van der Waals surface area contributed by atoms with Gasteiger partial charge in [-0.3, -0.25) is 4.68 Å². The molecule has 1 rings (SSSR count). The molecule has 0 aromatic carbocycles. The lowest BCUT2D eigenvalue weighted by molar-refractivity contribution is 0.719. The summed E-state index contributed by atoms with van der Waals surface area (Å²) in [5.74, 6) is 2.12. The first-order valence-corrected chi connectivity index (χ1v) is 7.13. The van der Waals surface area contributed by atoms with E-state index in [9.17, 15) is 0 Å². The van der Waals surface area contributed by atoms with Crippen LogP contribution in [-0.2, 0) is 19.2 Å². The van der Waals surface area contributed by atoms with Crippen LogP contribution in [0.2, 0.25) is 0 Å². The Balaban J connectivity index is 2.56. The highest BCUT2D eigenvalue weighted by atomic mass is 79.9. The highest BCUT2D eigenvalue weighted by molar-refractivity contribution is 9.10. The van der Waals surface area contributed by atoms with Gasteiger partial charge in [-0.25, -0.2) is 0 Å². The van der Waals surface area contributed by atoms with Crippen LogP contribution in [0, 0.1) is 0 Å². The van der Waals surface area contributed by atoms with Gasteiger partial charge in [0, 0.05) is 12.8 Å². The van der Waals surface area contributed by atoms with Gasteiger partial charge < -0.3 is 5.73 Å². The lowest BCUT2D eigenvalue weighted by Crippen LogP contribution is -2.01. The first-order valence-electron chi connectivity index (χ1n) is 5.18. The Labute approximate surface area is 104 Å². The molecule has 0 atom stereocenters. The summed E-state index contributed by atoms with van der Waals surface area (Å²) in [6.45, 7) is 2.90. The van der Waals surface area contributed by atoms with E-state index in [1.807, 2.05) is 23.5 Å². The Bertz CT molecular complexity index is 312. The Hall–Kier alpha value is -0.0000000000000000555. The summed E-state index contributed by atoms with van der Waals surface area (Å²) in [5.41, 5.74) is 7.87. The SMILES string of the molecule is CCc1nn(C)c(CSCCCN)c1Br. The van der Waals surface area contributed by atoms with E-state index in [1.165, 1.54) is 10.2 Å². The first-order chi connectivity index (χ1) is 7.20. The van der Waals surface area contributed by atoms with Crippen molar-refractivity contribution in [2.24, 2.45) is 12.8 Å². The van der Waals surface area contributed by atoms with E-state index in [1.54, 1.807) is 0 Å². The third-order valence-electron chi connectivity index (χ3n) is 2.23. The largest absolute Gasteiger partial charge is 0.330 e. The molecule has 0 unspecified atom stereocenters. The van der Waals surface area contributed by atoms with Gasteiger partial charge in [0.2, 0.25) is 0 Å². The second-order valence-electron chi connectivity index (χ2n) is 3.38. The fraction of sp³-hybridized carbons (Fsp3) is 0.700. The second kappa shape index (κ2) is 6.55. The van der Waals surface area contributed by atoms with Crippen LogP contribution in [-0.4, -0.2) is 22.1 Å². The summed E-state index contributed by atoms with van der Waals surface area (Å²) in [6.07, 6.45) is 2.06. The molecule has 0 bridgehead atoms. The van der Waals surface area contributed by atoms with Crippen molar-refractivity contribution in [3.05, 3.63) is 15.9 Å². The topological polar surface area (TPSA) is 43.8 Å². The van der Waals surface area contributed by atoms with Gasteiger partial charge in [0.1, 0.15) is 0 Å². The van der Waals surface area contributed by atoms with Crippen molar-refractivity contribution in [2.75, 3.05) is 12.3 Å². The van der Waals surface area contributed by atoms with Gasteiger partial charge in [-0.05, 0) is 41.1 Å². The number of hydrogen-bond donors (Lipinski definition) is 1. The van der Waals surface area contributed by atoms with Crippen LogP contribution in [0.15, 0.2) is 4.47 Å². The quantitative estimate of drug-likeness (QED) is 0.818. The lowest BCUT2D eigenvalue weighted by atomic mass is 10.3. The van der Waals surface area contributed by atoms with Crippen LogP contribution < -0.4 is 5.73 Å². The molecule has 2 N–H and O–H groups in total. The van der Waals surface area contributed by atoms with Gasteiger partial charge in [-0.2, -0.15) is 16.9 Å². The van der Waals surface area contributed by atoms with Crippen molar-refractivity contribution >= 4 is 27.7 Å². The number of nitrogens with two attached hydrogens (primary N) is 1. The Morgan fingerprint density at radius 2 is 2.27 bits per heavy atom. The molecule has 0 spiro atoms. The van der Waals surface area contributed by atoms with Gasteiger partial charge in [0.15, 0.2) is 0 Å². The van der Waals surface area contributed by atoms with E-state index >= 15 is 0 Å². The molecule has 0 saturated heterocycles. The monoisotopic (exact) mass is 291 g/mol. The molecule has 0 aliphatic heterocycles. The van der Waals surface area contributed by atoms with Crippen molar-refractivity contribution in [3.8, 4) is 0 Å². The molecule has 0 aliphatic rings. The number of nitrogens with zero attached hydrogens (tertiary/aromatic N) is 2. The maximum atomic E-state index is 5.45. The number of aryl methyl sites for hydroxylation is 2. The highest BCUT2D eigenvalue weighted by Crippen LogP contribution is 2.25. The molecule has 1 aromatic rings. The Kier molecular flexibility index (Phi) is 5.71. The van der Waals surface area contributed by atoms with Crippen LogP contribution >= 0.6 is 27.7 Å². The first kappa shape index (κ1) is 13.1. The van der Waals surface area contributed by atoms with E-state index < -0.39 is 0 Å². The fourth-order valence-corrected chi connectivity index (χ4v) is 3.31. The van der Waals surface area contributed by atoms with Crippen molar-refractivity contribution in [1.82, 2.24) is 9.78 Å². The molecule has 0 aliphatic carbocycles. The molecule has 1 heterocycles. The van der Waals surface area contributed by atoms with Crippen LogP contribution in [0.4, 0.5) is 0 Å². The van der Waals surface area contributed by atoms with Crippen LogP contribution in [0.25, 0.3) is 0 Å². The summed E-state index contributed by atoms with van der Waals surface area (Å²) in [7, 11) is 2.00. The third kappa shape index (κ3) is 3.50. The van der Waals surface area contributed by atoms with Crippen molar-refractivity contribution in [1.29, 1.82) is 0 Å². The normalized spacial score (nSPS) is 10.9. The average molecular weight is 292 g/mol. The molecule has 1 aromatic heterocycles. The van der Waals surface area contributed by atoms with E-state index in [0.717, 1.165) is 36.6 Å². The van der Waals surface area contributed by atoms with Crippen molar-refractivity contribution in [3.63, 3.8) is 0 Å². The lowest BCUT2D eigenvalue weighted by Gasteiger charge is -2.02.